The van der Waals surface area contributed by atoms with Crippen molar-refractivity contribution in [3.63, 3.8) is 0 Å². The van der Waals surface area contributed by atoms with Crippen molar-refractivity contribution < 1.29 is 4.79 Å². The first-order chi connectivity index (χ1) is 9.79. The molecule has 1 aliphatic rings. The summed E-state index contributed by atoms with van der Waals surface area (Å²) >= 11 is 0. The molecule has 2 unspecified atom stereocenters. The van der Waals surface area contributed by atoms with Crippen LogP contribution in [0, 0.1) is 5.92 Å². The van der Waals surface area contributed by atoms with Gasteiger partial charge in [0.1, 0.15) is 0 Å². The van der Waals surface area contributed by atoms with Crippen molar-refractivity contribution in [1.29, 1.82) is 0 Å². The molecule has 1 aromatic rings. The van der Waals surface area contributed by atoms with E-state index >= 15 is 0 Å². The van der Waals surface area contributed by atoms with Gasteiger partial charge in [-0.3, -0.25) is 4.79 Å². The Morgan fingerprint density at radius 2 is 2.20 bits per heavy atom. The largest absolute Gasteiger partial charge is 0.353 e. The number of rotatable bonds is 6. The third-order valence-electron chi connectivity index (χ3n) is 3.98. The van der Waals surface area contributed by atoms with Crippen molar-refractivity contribution in [2.75, 3.05) is 13.1 Å². The second kappa shape index (κ2) is 8.05. The summed E-state index contributed by atoms with van der Waals surface area (Å²) in [5, 5.41) is 6.57. The first-order valence-corrected chi connectivity index (χ1v) is 7.84. The maximum absolute atomic E-state index is 12.3. The van der Waals surface area contributed by atoms with E-state index in [-0.39, 0.29) is 17.9 Å². The number of carbonyl (C=O) groups is 1. The van der Waals surface area contributed by atoms with Crippen molar-refractivity contribution in [3.8, 4) is 0 Å². The number of hydrogen-bond donors (Lipinski definition) is 2. The number of carbonyl (C=O) groups excluding carboxylic acids is 1. The SMILES string of the molecule is CCCC(Cc1ccccc1)NC(=O)C1CCCNC1. The Kier molecular flexibility index (Phi) is 6.06. The number of hydrogen-bond acceptors (Lipinski definition) is 2. The van der Waals surface area contributed by atoms with Gasteiger partial charge in [0, 0.05) is 12.6 Å². The van der Waals surface area contributed by atoms with Crippen LogP contribution < -0.4 is 10.6 Å². The van der Waals surface area contributed by atoms with Crippen LogP contribution in [0.25, 0.3) is 0 Å². The maximum Gasteiger partial charge on any atom is 0.224 e. The van der Waals surface area contributed by atoms with E-state index in [1.165, 1.54) is 5.56 Å². The van der Waals surface area contributed by atoms with Crippen molar-refractivity contribution >= 4 is 5.91 Å². The molecule has 0 spiro atoms. The number of amides is 1. The summed E-state index contributed by atoms with van der Waals surface area (Å²) in [7, 11) is 0. The van der Waals surface area contributed by atoms with Crippen LogP contribution in [-0.2, 0) is 11.2 Å². The van der Waals surface area contributed by atoms with Crippen LogP contribution in [-0.4, -0.2) is 25.0 Å². The highest BCUT2D eigenvalue weighted by atomic mass is 16.2. The van der Waals surface area contributed by atoms with Gasteiger partial charge in [-0.1, -0.05) is 43.7 Å². The summed E-state index contributed by atoms with van der Waals surface area (Å²) in [5.41, 5.74) is 1.30. The molecular formula is C17H26N2O. The molecule has 0 saturated carbocycles. The van der Waals surface area contributed by atoms with Gasteiger partial charge in [-0.15, -0.1) is 0 Å². The molecule has 1 aromatic carbocycles. The lowest BCUT2D eigenvalue weighted by Gasteiger charge is -2.25. The van der Waals surface area contributed by atoms with E-state index in [1.54, 1.807) is 0 Å². The van der Waals surface area contributed by atoms with Crippen molar-refractivity contribution in [2.45, 2.75) is 45.1 Å². The average molecular weight is 274 g/mol. The molecule has 3 heteroatoms. The Hall–Kier alpha value is -1.35. The van der Waals surface area contributed by atoms with Crippen LogP contribution in [0.3, 0.4) is 0 Å². The standard InChI is InChI=1S/C17H26N2O/c1-2-7-16(12-14-8-4-3-5-9-14)19-17(20)15-10-6-11-18-13-15/h3-5,8-9,15-16,18H,2,6-7,10-13H2,1H3,(H,19,20). The summed E-state index contributed by atoms with van der Waals surface area (Å²) in [6.45, 7) is 4.05. The van der Waals surface area contributed by atoms with Gasteiger partial charge in [-0.25, -0.2) is 0 Å². The lowest BCUT2D eigenvalue weighted by atomic mass is 9.96. The monoisotopic (exact) mass is 274 g/mol. The summed E-state index contributed by atoms with van der Waals surface area (Å²) in [5.74, 6) is 0.380. The average Bonchev–Trinajstić information content (AvgIpc) is 2.49. The Morgan fingerprint density at radius 1 is 1.40 bits per heavy atom. The van der Waals surface area contributed by atoms with Gasteiger partial charge in [-0.05, 0) is 37.8 Å². The molecule has 1 fully saturated rings. The van der Waals surface area contributed by atoms with E-state index in [4.69, 9.17) is 0 Å². The van der Waals surface area contributed by atoms with E-state index < -0.39 is 0 Å². The molecule has 1 aliphatic heterocycles. The third kappa shape index (κ3) is 4.64. The first-order valence-electron chi connectivity index (χ1n) is 7.84. The van der Waals surface area contributed by atoms with Gasteiger partial charge in [0.25, 0.3) is 0 Å². The second-order valence-electron chi connectivity index (χ2n) is 5.73. The highest BCUT2D eigenvalue weighted by molar-refractivity contribution is 5.79. The van der Waals surface area contributed by atoms with Crippen LogP contribution in [0.4, 0.5) is 0 Å². The van der Waals surface area contributed by atoms with Crippen molar-refractivity contribution in [3.05, 3.63) is 35.9 Å². The molecule has 2 atom stereocenters. The molecule has 3 nitrogen and oxygen atoms in total. The molecule has 1 amide bonds. The second-order valence-corrected chi connectivity index (χ2v) is 5.73. The van der Waals surface area contributed by atoms with Gasteiger partial charge in [0.2, 0.25) is 5.91 Å². The van der Waals surface area contributed by atoms with E-state index in [9.17, 15) is 4.79 Å². The van der Waals surface area contributed by atoms with Crippen LogP contribution in [0.5, 0.6) is 0 Å². The summed E-state index contributed by atoms with van der Waals surface area (Å²) in [6, 6.07) is 10.7. The Morgan fingerprint density at radius 3 is 2.85 bits per heavy atom. The fourth-order valence-electron chi connectivity index (χ4n) is 2.87. The van der Waals surface area contributed by atoms with Crippen LogP contribution in [0.15, 0.2) is 30.3 Å². The molecule has 0 radical (unpaired) electrons. The first kappa shape index (κ1) is 15.0. The predicted octanol–water partition coefficient (Wildman–Crippen LogP) is 2.51. The predicted molar refractivity (Wildman–Crippen MR) is 82.6 cm³/mol. The fourth-order valence-corrected chi connectivity index (χ4v) is 2.87. The smallest absolute Gasteiger partial charge is 0.224 e. The lowest BCUT2D eigenvalue weighted by molar-refractivity contribution is -0.126. The Labute approximate surface area is 122 Å². The van der Waals surface area contributed by atoms with E-state index in [2.05, 4.69) is 41.8 Å². The topological polar surface area (TPSA) is 41.1 Å². The fraction of sp³-hybridized carbons (Fsp3) is 0.588. The molecule has 0 aliphatic carbocycles. The zero-order chi connectivity index (χ0) is 14.2. The highest BCUT2D eigenvalue weighted by Gasteiger charge is 2.23. The maximum atomic E-state index is 12.3. The summed E-state index contributed by atoms with van der Waals surface area (Å²) in [4.78, 5) is 12.3. The van der Waals surface area contributed by atoms with Crippen LogP contribution in [0.1, 0.15) is 38.2 Å². The molecule has 1 heterocycles. The third-order valence-corrected chi connectivity index (χ3v) is 3.98. The zero-order valence-electron chi connectivity index (χ0n) is 12.4. The van der Waals surface area contributed by atoms with Crippen LogP contribution in [0.2, 0.25) is 0 Å². The van der Waals surface area contributed by atoms with Crippen molar-refractivity contribution in [1.82, 2.24) is 10.6 Å². The summed E-state index contributed by atoms with van der Waals surface area (Å²) in [6.07, 6.45) is 5.19. The van der Waals surface area contributed by atoms with Gasteiger partial charge < -0.3 is 10.6 Å². The Balaban J connectivity index is 1.89. The normalized spacial score (nSPS) is 20.4. The minimum Gasteiger partial charge on any atom is -0.353 e. The van der Waals surface area contributed by atoms with E-state index in [0.717, 1.165) is 45.2 Å². The minimum absolute atomic E-state index is 0.152. The number of nitrogens with one attached hydrogen (secondary N) is 2. The molecular weight excluding hydrogens is 248 g/mol. The zero-order valence-corrected chi connectivity index (χ0v) is 12.4. The minimum atomic E-state index is 0.152. The highest BCUT2D eigenvalue weighted by Crippen LogP contribution is 2.12. The van der Waals surface area contributed by atoms with Gasteiger partial charge >= 0.3 is 0 Å². The lowest BCUT2D eigenvalue weighted by Crippen LogP contribution is -2.45. The van der Waals surface area contributed by atoms with Gasteiger partial charge in [0.05, 0.1) is 5.92 Å². The van der Waals surface area contributed by atoms with E-state index in [0.29, 0.717) is 0 Å². The molecule has 2 rings (SSSR count). The molecule has 20 heavy (non-hydrogen) atoms. The van der Waals surface area contributed by atoms with Gasteiger partial charge in [-0.2, -0.15) is 0 Å². The van der Waals surface area contributed by atoms with Crippen LogP contribution >= 0.6 is 0 Å². The molecule has 110 valence electrons. The molecule has 1 saturated heterocycles. The molecule has 0 bridgehead atoms. The molecule has 2 N–H and O–H groups in total. The van der Waals surface area contributed by atoms with E-state index in [1.807, 2.05) is 6.07 Å². The molecule has 0 aromatic heterocycles. The summed E-state index contributed by atoms with van der Waals surface area (Å²) < 4.78 is 0. The Bertz CT molecular complexity index is 399. The number of benzene rings is 1. The van der Waals surface area contributed by atoms with Gasteiger partial charge in [0.15, 0.2) is 0 Å². The number of piperidine rings is 1. The van der Waals surface area contributed by atoms with Crippen molar-refractivity contribution in [2.24, 2.45) is 5.92 Å². The quantitative estimate of drug-likeness (QED) is 0.837.